The molecule has 0 saturated heterocycles. The van der Waals surface area contributed by atoms with Gasteiger partial charge in [-0.1, -0.05) is 6.07 Å². The van der Waals surface area contributed by atoms with Crippen LogP contribution in [0, 0.1) is 0 Å². The maximum absolute atomic E-state index is 12.2. The molecule has 0 aromatic heterocycles. The molecule has 124 valence electrons. The van der Waals surface area contributed by atoms with E-state index >= 15 is 0 Å². The number of anilines is 2. The molecule has 0 radical (unpaired) electrons. The summed E-state index contributed by atoms with van der Waals surface area (Å²) in [4.78, 5) is 0.0212. The fraction of sp³-hybridized carbons (Fsp3) is 0.143. The van der Waals surface area contributed by atoms with E-state index in [1.54, 1.807) is 6.07 Å². The molecular formula is C14H16N2O5S2. The Morgan fingerprint density at radius 1 is 0.957 bits per heavy atom. The molecule has 2 rings (SSSR count). The van der Waals surface area contributed by atoms with Crippen LogP contribution in [-0.2, 0) is 19.9 Å². The van der Waals surface area contributed by atoms with Crippen molar-refractivity contribution in [3.05, 3.63) is 48.5 Å². The van der Waals surface area contributed by atoms with Crippen LogP contribution >= 0.6 is 0 Å². The van der Waals surface area contributed by atoms with Gasteiger partial charge in [-0.2, -0.15) is 0 Å². The third-order valence-corrected chi connectivity index (χ3v) is 6.08. The summed E-state index contributed by atoms with van der Waals surface area (Å²) in [7, 11) is -7.39. The average molecular weight is 356 g/mol. The third-order valence-electron chi connectivity index (χ3n) is 2.99. The second kappa shape index (κ2) is 6.57. The molecule has 0 spiro atoms. The van der Waals surface area contributed by atoms with Crippen molar-refractivity contribution in [3.63, 3.8) is 0 Å². The van der Waals surface area contributed by atoms with Gasteiger partial charge in [-0.3, -0.25) is 4.72 Å². The van der Waals surface area contributed by atoms with Crippen LogP contribution in [0.5, 0.6) is 0 Å². The minimum absolute atomic E-state index is 0.00878. The zero-order valence-electron chi connectivity index (χ0n) is 12.0. The Bertz CT molecular complexity index is 891. The van der Waals surface area contributed by atoms with Gasteiger partial charge in [0.25, 0.3) is 10.0 Å². The molecule has 0 aliphatic carbocycles. The van der Waals surface area contributed by atoms with Crippen molar-refractivity contribution >= 4 is 31.2 Å². The zero-order valence-corrected chi connectivity index (χ0v) is 13.6. The number of nitrogens with two attached hydrogens (primary N) is 1. The van der Waals surface area contributed by atoms with Crippen LogP contribution in [0.3, 0.4) is 0 Å². The van der Waals surface area contributed by atoms with Crippen molar-refractivity contribution in [2.45, 2.75) is 9.79 Å². The molecular weight excluding hydrogens is 340 g/mol. The van der Waals surface area contributed by atoms with E-state index in [4.69, 9.17) is 10.8 Å². The lowest BCUT2D eigenvalue weighted by atomic mass is 10.3. The van der Waals surface area contributed by atoms with Gasteiger partial charge in [0, 0.05) is 11.4 Å². The van der Waals surface area contributed by atoms with Gasteiger partial charge >= 0.3 is 0 Å². The van der Waals surface area contributed by atoms with Crippen molar-refractivity contribution in [1.82, 2.24) is 0 Å². The summed E-state index contributed by atoms with van der Waals surface area (Å²) in [6, 6.07) is 11.1. The first-order valence-electron chi connectivity index (χ1n) is 6.57. The first-order valence-corrected chi connectivity index (χ1v) is 9.70. The van der Waals surface area contributed by atoms with Crippen LogP contribution in [0.1, 0.15) is 0 Å². The standard InChI is InChI=1S/C14H16N2O5S2/c15-11-2-1-3-14(10-11)23(20,21)16-12-4-6-13(7-5-12)22(18,19)9-8-17/h1-7,10,16-17H,8-9,15H2. The summed E-state index contributed by atoms with van der Waals surface area (Å²) < 4.78 is 50.3. The maximum atomic E-state index is 12.2. The van der Waals surface area contributed by atoms with Gasteiger partial charge in [-0.05, 0) is 42.5 Å². The van der Waals surface area contributed by atoms with Gasteiger partial charge in [-0.15, -0.1) is 0 Å². The molecule has 0 unspecified atom stereocenters. The first-order chi connectivity index (χ1) is 10.7. The van der Waals surface area contributed by atoms with Crippen molar-refractivity contribution < 1.29 is 21.9 Å². The number of aliphatic hydroxyl groups excluding tert-OH is 1. The minimum atomic E-state index is -3.81. The summed E-state index contributed by atoms with van der Waals surface area (Å²) in [5.41, 5.74) is 6.10. The van der Waals surface area contributed by atoms with E-state index in [0.717, 1.165) is 0 Å². The van der Waals surface area contributed by atoms with Crippen molar-refractivity contribution in [1.29, 1.82) is 0 Å². The number of sulfonamides is 1. The maximum Gasteiger partial charge on any atom is 0.261 e. The van der Waals surface area contributed by atoms with Gasteiger partial charge < -0.3 is 10.8 Å². The second-order valence-electron chi connectivity index (χ2n) is 4.74. The lowest BCUT2D eigenvalue weighted by molar-refractivity contribution is 0.319. The van der Waals surface area contributed by atoms with Crippen LogP contribution in [0.25, 0.3) is 0 Å². The molecule has 0 bridgehead atoms. The SMILES string of the molecule is Nc1cccc(S(=O)(=O)Nc2ccc(S(=O)(=O)CCO)cc2)c1. The number of nitrogens with one attached hydrogen (secondary N) is 1. The molecule has 0 fully saturated rings. The Balaban J connectivity index is 2.24. The number of rotatable bonds is 6. The van der Waals surface area contributed by atoms with Crippen LogP contribution < -0.4 is 10.5 Å². The van der Waals surface area contributed by atoms with E-state index in [-0.39, 0.29) is 21.2 Å². The van der Waals surface area contributed by atoms with Crippen LogP contribution in [0.15, 0.2) is 58.3 Å². The molecule has 7 nitrogen and oxygen atoms in total. The third kappa shape index (κ3) is 4.21. The predicted octanol–water partition coefficient (Wildman–Crippen LogP) is 0.836. The van der Waals surface area contributed by atoms with Crippen LogP contribution in [0.4, 0.5) is 11.4 Å². The number of benzene rings is 2. The molecule has 4 N–H and O–H groups in total. The smallest absolute Gasteiger partial charge is 0.261 e. The topological polar surface area (TPSA) is 127 Å². The molecule has 0 saturated carbocycles. The Morgan fingerprint density at radius 2 is 1.61 bits per heavy atom. The minimum Gasteiger partial charge on any atom is -0.399 e. The Hall–Kier alpha value is -2.10. The summed E-state index contributed by atoms with van der Waals surface area (Å²) in [5, 5.41) is 8.74. The fourth-order valence-corrected chi connectivity index (χ4v) is 4.00. The summed E-state index contributed by atoms with van der Waals surface area (Å²) in [5.74, 6) is -0.388. The molecule has 0 heterocycles. The Labute approximate surface area is 134 Å². The molecule has 0 atom stereocenters. The molecule has 2 aromatic rings. The van der Waals surface area contributed by atoms with Gasteiger partial charge in [0.05, 0.1) is 22.2 Å². The van der Waals surface area contributed by atoms with Crippen molar-refractivity contribution in [3.8, 4) is 0 Å². The van der Waals surface area contributed by atoms with E-state index in [0.29, 0.717) is 5.69 Å². The molecule has 2 aromatic carbocycles. The highest BCUT2D eigenvalue weighted by atomic mass is 32.2. The fourth-order valence-electron chi connectivity index (χ4n) is 1.86. The van der Waals surface area contributed by atoms with Crippen LogP contribution in [-0.4, -0.2) is 34.3 Å². The number of aliphatic hydroxyl groups is 1. The molecule has 0 amide bonds. The van der Waals surface area contributed by atoms with E-state index in [1.165, 1.54) is 42.5 Å². The summed E-state index contributed by atoms with van der Waals surface area (Å²) in [6.07, 6.45) is 0. The molecule has 23 heavy (non-hydrogen) atoms. The number of nitrogen functional groups attached to an aromatic ring is 1. The van der Waals surface area contributed by atoms with E-state index < -0.39 is 26.5 Å². The van der Waals surface area contributed by atoms with Gasteiger partial charge in [0.15, 0.2) is 9.84 Å². The Kier molecular flexibility index (Phi) is 4.93. The zero-order chi connectivity index (χ0) is 17.1. The first kappa shape index (κ1) is 17.3. The predicted molar refractivity (Wildman–Crippen MR) is 87.2 cm³/mol. The number of sulfone groups is 1. The highest BCUT2D eigenvalue weighted by Crippen LogP contribution is 2.20. The number of hydrogen-bond acceptors (Lipinski definition) is 6. The molecule has 0 aliphatic rings. The van der Waals surface area contributed by atoms with E-state index in [2.05, 4.69) is 4.72 Å². The van der Waals surface area contributed by atoms with E-state index in [1.807, 2.05) is 0 Å². The van der Waals surface area contributed by atoms with Gasteiger partial charge in [-0.25, -0.2) is 16.8 Å². The normalized spacial score (nSPS) is 12.0. The van der Waals surface area contributed by atoms with E-state index in [9.17, 15) is 16.8 Å². The summed E-state index contributed by atoms with van der Waals surface area (Å²) >= 11 is 0. The van der Waals surface area contributed by atoms with Crippen molar-refractivity contribution in [2.75, 3.05) is 22.8 Å². The summed E-state index contributed by atoms with van der Waals surface area (Å²) in [6.45, 7) is -0.480. The Morgan fingerprint density at radius 3 is 2.17 bits per heavy atom. The highest BCUT2D eigenvalue weighted by molar-refractivity contribution is 7.92. The largest absolute Gasteiger partial charge is 0.399 e. The lowest BCUT2D eigenvalue weighted by Crippen LogP contribution is -2.14. The molecule has 9 heteroatoms. The lowest BCUT2D eigenvalue weighted by Gasteiger charge is -2.09. The highest BCUT2D eigenvalue weighted by Gasteiger charge is 2.16. The van der Waals surface area contributed by atoms with Crippen LogP contribution in [0.2, 0.25) is 0 Å². The quantitative estimate of drug-likeness (QED) is 0.658. The van der Waals surface area contributed by atoms with Gasteiger partial charge in [0.1, 0.15) is 0 Å². The monoisotopic (exact) mass is 356 g/mol. The average Bonchev–Trinajstić information content (AvgIpc) is 2.47. The van der Waals surface area contributed by atoms with Gasteiger partial charge in [0.2, 0.25) is 0 Å². The number of hydrogen-bond donors (Lipinski definition) is 3. The second-order valence-corrected chi connectivity index (χ2v) is 8.54. The molecule has 0 aliphatic heterocycles. The van der Waals surface area contributed by atoms with Crippen molar-refractivity contribution in [2.24, 2.45) is 0 Å².